The first-order chi connectivity index (χ1) is 20.6. The van der Waals surface area contributed by atoms with Gasteiger partial charge in [-0.1, -0.05) is 12.1 Å². The van der Waals surface area contributed by atoms with Crippen molar-refractivity contribution in [3.05, 3.63) is 66.6 Å². The summed E-state index contributed by atoms with van der Waals surface area (Å²) in [5.41, 5.74) is 1.33. The minimum atomic E-state index is -0.611. The van der Waals surface area contributed by atoms with Gasteiger partial charge in [0.2, 0.25) is 11.8 Å². The number of ether oxygens (including phenoxy) is 5. The van der Waals surface area contributed by atoms with Crippen LogP contribution >= 0.6 is 0 Å². The highest BCUT2D eigenvalue weighted by Gasteiger charge is 2.21. The van der Waals surface area contributed by atoms with Gasteiger partial charge in [0.25, 0.3) is 0 Å². The van der Waals surface area contributed by atoms with Crippen LogP contribution in [-0.4, -0.2) is 67.0 Å². The molecule has 0 spiro atoms. The molecule has 0 bridgehead atoms. The lowest BCUT2D eigenvalue weighted by Crippen LogP contribution is -2.34. The molecule has 0 saturated carbocycles. The highest BCUT2D eigenvalue weighted by Crippen LogP contribution is 2.36. The maximum atomic E-state index is 12.6. The predicted molar refractivity (Wildman–Crippen MR) is 161 cm³/mol. The van der Waals surface area contributed by atoms with Crippen molar-refractivity contribution in [1.29, 1.82) is 0 Å². The number of pyridine rings is 1. The van der Waals surface area contributed by atoms with Gasteiger partial charge in [0.15, 0.2) is 11.5 Å². The van der Waals surface area contributed by atoms with Crippen LogP contribution in [0.4, 0.5) is 16.3 Å². The molecular formula is C31H35N5O7. The largest absolute Gasteiger partial charge is 0.493 e. The number of nitrogens with one attached hydrogen (secondary N) is 1. The summed E-state index contributed by atoms with van der Waals surface area (Å²) in [6, 6.07) is 14.0. The normalized spacial score (nSPS) is 11.1. The van der Waals surface area contributed by atoms with Gasteiger partial charge < -0.3 is 29.0 Å². The molecule has 0 fully saturated rings. The van der Waals surface area contributed by atoms with Crippen LogP contribution in [0.5, 0.6) is 23.1 Å². The Bertz CT molecular complexity index is 1550. The third kappa shape index (κ3) is 8.52. The molecule has 12 heteroatoms. The molecule has 2 heterocycles. The molecule has 43 heavy (non-hydrogen) atoms. The molecule has 226 valence electrons. The zero-order valence-corrected chi connectivity index (χ0v) is 25.0. The fourth-order valence-corrected chi connectivity index (χ4v) is 3.88. The van der Waals surface area contributed by atoms with E-state index in [0.29, 0.717) is 58.8 Å². The second-order valence-electron chi connectivity index (χ2n) is 10.5. The Labute approximate surface area is 249 Å². The average Bonchev–Trinajstić information content (AvgIpc) is 2.97. The summed E-state index contributed by atoms with van der Waals surface area (Å²) in [7, 11) is 4.75. The molecular weight excluding hydrogens is 554 g/mol. The van der Waals surface area contributed by atoms with Crippen molar-refractivity contribution in [3.63, 3.8) is 0 Å². The van der Waals surface area contributed by atoms with E-state index in [4.69, 9.17) is 23.7 Å². The maximum Gasteiger partial charge on any atom is 0.414 e. The first-order valence-electron chi connectivity index (χ1n) is 13.5. The van der Waals surface area contributed by atoms with Gasteiger partial charge in [0, 0.05) is 20.2 Å². The van der Waals surface area contributed by atoms with E-state index < -0.39 is 11.7 Å². The third-order valence-corrected chi connectivity index (χ3v) is 6.00. The summed E-state index contributed by atoms with van der Waals surface area (Å²) in [5, 5.41) is 3.42. The van der Waals surface area contributed by atoms with Crippen molar-refractivity contribution in [2.24, 2.45) is 0 Å². The van der Waals surface area contributed by atoms with Crippen molar-refractivity contribution in [2.75, 3.05) is 44.7 Å². The molecule has 2 amide bonds. The molecule has 0 aliphatic carbocycles. The van der Waals surface area contributed by atoms with E-state index in [0.717, 1.165) is 5.56 Å². The molecule has 0 unspecified atom stereocenters. The first-order valence-corrected chi connectivity index (χ1v) is 13.5. The van der Waals surface area contributed by atoms with Crippen molar-refractivity contribution < 1.29 is 33.3 Å². The maximum absolute atomic E-state index is 12.6. The molecule has 0 saturated heterocycles. The summed E-state index contributed by atoms with van der Waals surface area (Å²) >= 11 is 0. The summed E-state index contributed by atoms with van der Waals surface area (Å²) < 4.78 is 27.7. The number of benzene rings is 2. The molecule has 0 atom stereocenters. The number of methoxy groups -OCH3 is 2. The number of carbonyl (C=O) groups is 2. The third-order valence-electron chi connectivity index (χ3n) is 6.00. The zero-order valence-electron chi connectivity index (χ0n) is 25.0. The molecule has 0 aliphatic rings. The van der Waals surface area contributed by atoms with Gasteiger partial charge in [-0.2, -0.15) is 0 Å². The molecule has 0 radical (unpaired) electrons. The highest BCUT2D eigenvalue weighted by atomic mass is 16.6. The number of rotatable bonds is 11. The number of amides is 2. The van der Waals surface area contributed by atoms with Crippen molar-refractivity contribution in [1.82, 2.24) is 15.0 Å². The van der Waals surface area contributed by atoms with Crippen LogP contribution in [-0.2, 0) is 20.7 Å². The summed E-state index contributed by atoms with van der Waals surface area (Å²) in [6.07, 6.45) is 2.54. The van der Waals surface area contributed by atoms with E-state index in [1.165, 1.54) is 17.4 Å². The van der Waals surface area contributed by atoms with Crippen LogP contribution < -0.4 is 24.4 Å². The van der Waals surface area contributed by atoms with Crippen LogP contribution in [0.2, 0.25) is 0 Å². The molecule has 2 aromatic heterocycles. The highest BCUT2D eigenvalue weighted by molar-refractivity contribution is 5.92. The molecule has 4 aromatic rings. The van der Waals surface area contributed by atoms with Crippen LogP contribution in [0.15, 0.2) is 61.1 Å². The van der Waals surface area contributed by atoms with Gasteiger partial charge >= 0.3 is 6.09 Å². The Morgan fingerprint density at radius 2 is 1.70 bits per heavy atom. The number of hydrogen-bond donors (Lipinski definition) is 1. The van der Waals surface area contributed by atoms with Crippen molar-refractivity contribution >= 4 is 34.4 Å². The summed E-state index contributed by atoms with van der Waals surface area (Å²) in [5.74, 6) is 2.07. The Balaban J connectivity index is 1.37. The van der Waals surface area contributed by atoms with Gasteiger partial charge in [0.1, 0.15) is 30.1 Å². The molecule has 12 nitrogen and oxygen atoms in total. The van der Waals surface area contributed by atoms with Gasteiger partial charge in [-0.3, -0.25) is 9.69 Å². The lowest BCUT2D eigenvalue weighted by Gasteiger charge is -2.24. The number of fused-ring (bicyclic) bond motifs is 1. The fraction of sp³-hybridized carbons (Fsp3) is 0.323. The number of nitrogens with zero attached hydrogens (tertiary/aromatic N) is 4. The van der Waals surface area contributed by atoms with E-state index in [2.05, 4.69) is 20.3 Å². The van der Waals surface area contributed by atoms with Crippen LogP contribution in [0.1, 0.15) is 26.3 Å². The van der Waals surface area contributed by atoms with E-state index >= 15 is 0 Å². The topological polar surface area (TPSA) is 134 Å². The van der Waals surface area contributed by atoms with Gasteiger partial charge in [0.05, 0.1) is 42.9 Å². The molecule has 4 rings (SSSR count). The van der Waals surface area contributed by atoms with Crippen molar-refractivity contribution in [2.45, 2.75) is 32.8 Å². The predicted octanol–water partition coefficient (Wildman–Crippen LogP) is 5.40. The average molecular weight is 590 g/mol. The number of carbonyl (C=O) groups excluding carboxylic acids is 2. The van der Waals surface area contributed by atoms with E-state index in [-0.39, 0.29) is 12.3 Å². The standard InChI is InChI=1S/C31H35N5O7/c1-31(2,3)43-30(38)36(4)21-9-12-27(32-18-21)35-28(37)15-20-7-10-22(11-8-20)42-29-23-16-25(40-6)26(41-14-13-39-5)17-24(23)33-19-34-29/h7-12,16-19H,13-15H2,1-6H3,(H,32,35,37). The monoisotopic (exact) mass is 589 g/mol. The Morgan fingerprint density at radius 3 is 2.35 bits per heavy atom. The number of anilines is 2. The Kier molecular flexibility index (Phi) is 9.94. The zero-order chi connectivity index (χ0) is 31.0. The van der Waals surface area contributed by atoms with Crippen LogP contribution in [0.25, 0.3) is 10.9 Å². The summed E-state index contributed by atoms with van der Waals surface area (Å²) in [6.45, 7) is 6.20. The number of hydrogen-bond acceptors (Lipinski definition) is 10. The minimum Gasteiger partial charge on any atom is -0.493 e. The summed E-state index contributed by atoms with van der Waals surface area (Å²) in [4.78, 5) is 39.1. The van der Waals surface area contributed by atoms with Crippen LogP contribution in [0.3, 0.4) is 0 Å². The van der Waals surface area contributed by atoms with Gasteiger partial charge in [-0.05, 0) is 56.7 Å². The van der Waals surface area contributed by atoms with Crippen molar-refractivity contribution in [3.8, 4) is 23.1 Å². The van der Waals surface area contributed by atoms with E-state index in [1.54, 1.807) is 90.6 Å². The second-order valence-corrected chi connectivity index (χ2v) is 10.5. The lowest BCUT2D eigenvalue weighted by molar-refractivity contribution is -0.115. The smallest absolute Gasteiger partial charge is 0.414 e. The molecule has 1 N–H and O–H groups in total. The van der Waals surface area contributed by atoms with Gasteiger partial charge in [-0.15, -0.1) is 0 Å². The second kappa shape index (κ2) is 13.8. The number of aromatic nitrogens is 3. The fourth-order valence-electron chi connectivity index (χ4n) is 3.88. The molecule has 2 aromatic carbocycles. The minimum absolute atomic E-state index is 0.126. The quantitative estimate of drug-likeness (QED) is 0.227. The van der Waals surface area contributed by atoms with E-state index in [1.807, 2.05) is 0 Å². The SMILES string of the molecule is COCCOc1cc2ncnc(Oc3ccc(CC(=O)Nc4ccc(N(C)C(=O)OC(C)(C)C)cn4)cc3)c2cc1OC. The van der Waals surface area contributed by atoms with Crippen LogP contribution in [0, 0.1) is 0 Å². The van der Waals surface area contributed by atoms with Gasteiger partial charge in [-0.25, -0.2) is 19.7 Å². The Hall–Kier alpha value is -4.97. The van der Waals surface area contributed by atoms with E-state index in [9.17, 15) is 9.59 Å². The first kappa shape index (κ1) is 31.0. The Morgan fingerprint density at radius 1 is 0.930 bits per heavy atom. The molecule has 0 aliphatic heterocycles. The lowest BCUT2D eigenvalue weighted by atomic mass is 10.1.